The zero-order chi connectivity index (χ0) is 20.9. The number of rotatable bonds is 6. The number of carbonyl (C=O) groups excluding carboxylic acids is 1. The maximum atomic E-state index is 12.6. The average Bonchev–Trinajstić information content (AvgIpc) is 3.03. The van der Waals surface area contributed by atoms with Crippen LogP contribution in [0.25, 0.3) is 11.4 Å². The Labute approximate surface area is 177 Å². The molecular formula is C24H29N5O. The molecule has 0 fully saturated rings. The van der Waals surface area contributed by atoms with Gasteiger partial charge in [-0.3, -0.25) is 4.79 Å². The molecule has 6 heteroatoms. The van der Waals surface area contributed by atoms with Gasteiger partial charge in [0.25, 0.3) is 5.91 Å². The van der Waals surface area contributed by atoms with E-state index in [1.165, 1.54) is 19.3 Å². The predicted molar refractivity (Wildman–Crippen MR) is 121 cm³/mol. The normalized spacial score (nSPS) is 13.4. The van der Waals surface area contributed by atoms with E-state index < -0.39 is 0 Å². The molecular weight excluding hydrogens is 374 g/mol. The lowest BCUT2D eigenvalue weighted by Gasteiger charge is -2.21. The first kappa shape index (κ1) is 20.1. The van der Waals surface area contributed by atoms with Gasteiger partial charge in [-0.15, -0.1) is 10.2 Å². The zero-order valence-electron chi connectivity index (χ0n) is 17.8. The van der Waals surface area contributed by atoms with E-state index in [4.69, 9.17) is 0 Å². The summed E-state index contributed by atoms with van der Waals surface area (Å²) >= 11 is 0. The molecule has 6 nitrogen and oxygen atoms in total. The Morgan fingerprint density at radius 1 is 0.967 bits per heavy atom. The second-order valence-electron chi connectivity index (χ2n) is 7.65. The maximum Gasteiger partial charge on any atom is 0.255 e. The number of nitrogens with one attached hydrogen (secondary N) is 1. The van der Waals surface area contributed by atoms with Gasteiger partial charge in [-0.05, 0) is 75.2 Å². The van der Waals surface area contributed by atoms with E-state index in [1.54, 1.807) is 0 Å². The van der Waals surface area contributed by atoms with Crippen LogP contribution in [0.2, 0.25) is 0 Å². The molecule has 0 saturated carbocycles. The molecule has 4 rings (SSSR count). The molecule has 2 heterocycles. The molecule has 0 atom stereocenters. The number of aryl methyl sites for hydroxylation is 1. The number of aromatic nitrogens is 3. The molecule has 30 heavy (non-hydrogen) atoms. The molecule has 1 amide bonds. The monoisotopic (exact) mass is 403 g/mol. The van der Waals surface area contributed by atoms with Crippen molar-refractivity contribution in [2.75, 3.05) is 23.3 Å². The van der Waals surface area contributed by atoms with Crippen molar-refractivity contribution >= 4 is 17.3 Å². The number of carbonyl (C=O) groups is 1. The van der Waals surface area contributed by atoms with Gasteiger partial charge in [-0.25, -0.2) is 0 Å². The first-order valence-electron chi connectivity index (χ1n) is 10.9. The fourth-order valence-corrected chi connectivity index (χ4v) is 4.02. The van der Waals surface area contributed by atoms with Crippen molar-refractivity contribution in [1.29, 1.82) is 0 Å². The SMILES string of the molecule is CCN(CC)c1ccc(C(=O)Nc2ccc(-c3nnc4n3CCCCC4)cc2)cc1. The highest BCUT2D eigenvalue weighted by Gasteiger charge is 2.16. The third-order valence-electron chi connectivity index (χ3n) is 5.77. The molecule has 1 aromatic heterocycles. The van der Waals surface area contributed by atoms with Gasteiger partial charge in [0.15, 0.2) is 5.82 Å². The van der Waals surface area contributed by atoms with Crippen molar-refractivity contribution < 1.29 is 4.79 Å². The first-order chi connectivity index (χ1) is 14.7. The smallest absolute Gasteiger partial charge is 0.255 e. The van der Waals surface area contributed by atoms with Crippen LogP contribution in [0.3, 0.4) is 0 Å². The number of hydrogen-bond acceptors (Lipinski definition) is 4. The molecule has 3 aromatic rings. The van der Waals surface area contributed by atoms with Crippen LogP contribution < -0.4 is 10.2 Å². The summed E-state index contributed by atoms with van der Waals surface area (Å²) in [6, 6.07) is 15.6. The van der Waals surface area contributed by atoms with Crippen LogP contribution in [-0.4, -0.2) is 33.8 Å². The van der Waals surface area contributed by atoms with E-state index in [2.05, 4.69) is 38.8 Å². The number of amides is 1. The van der Waals surface area contributed by atoms with Gasteiger partial charge >= 0.3 is 0 Å². The molecule has 0 bridgehead atoms. The number of fused-ring (bicyclic) bond motifs is 1. The van der Waals surface area contributed by atoms with Crippen LogP contribution in [0.5, 0.6) is 0 Å². The molecule has 0 aliphatic carbocycles. The Morgan fingerprint density at radius 2 is 1.70 bits per heavy atom. The third kappa shape index (κ3) is 4.22. The van der Waals surface area contributed by atoms with Crippen LogP contribution in [0.15, 0.2) is 48.5 Å². The van der Waals surface area contributed by atoms with Gasteiger partial charge in [-0.1, -0.05) is 6.42 Å². The van der Waals surface area contributed by atoms with E-state index in [-0.39, 0.29) is 5.91 Å². The minimum Gasteiger partial charge on any atom is -0.372 e. The summed E-state index contributed by atoms with van der Waals surface area (Å²) in [6.07, 6.45) is 4.58. The second kappa shape index (κ2) is 9.11. The molecule has 1 aliphatic heterocycles. The highest BCUT2D eigenvalue weighted by molar-refractivity contribution is 6.04. The maximum absolute atomic E-state index is 12.6. The van der Waals surface area contributed by atoms with Crippen LogP contribution >= 0.6 is 0 Å². The highest BCUT2D eigenvalue weighted by atomic mass is 16.1. The molecule has 0 radical (unpaired) electrons. The minimum absolute atomic E-state index is 0.106. The number of benzene rings is 2. The second-order valence-corrected chi connectivity index (χ2v) is 7.65. The van der Waals surface area contributed by atoms with Crippen LogP contribution in [0.4, 0.5) is 11.4 Å². The van der Waals surface area contributed by atoms with E-state index in [0.717, 1.165) is 54.6 Å². The Bertz CT molecular complexity index is 987. The van der Waals surface area contributed by atoms with Gasteiger partial charge in [0.05, 0.1) is 0 Å². The van der Waals surface area contributed by atoms with Crippen molar-refractivity contribution in [1.82, 2.24) is 14.8 Å². The molecule has 0 spiro atoms. The quantitative estimate of drug-likeness (QED) is 0.644. The average molecular weight is 404 g/mol. The lowest BCUT2D eigenvalue weighted by Crippen LogP contribution is -2.21. The first-order valence-corrected chi connectivity index (χ1v) is 10.9. The van der Waals surface area contributed by atoms with Crippen LogP contribution in [0, 0.1) is 0 Å². The summed E-state index contributed by atoms with van der Waals surface area (Å²) in [6.45, 7) is 7.13. The number of anilines is 2. The topological polar surface area (TPSA) is 63.1 Å². The third-order valence-corrected chi connectivity index (χ3v) is 5.77. The van der Waals surface area contributed by atoms with Crippen LogP contribution in [0.1, 0.15) is 49.3 Å². The molecule has 156 valence electrons. The largest absolute Gasteiger partial charge is 0.372 e. The van der Waals surface area contributed by atoms with Crippen molar-refractivity contribution in [2.45, 2.75) is 46.1 Å². The van der Waals surface area contributed by atoms with E-state index >= 15 is 0 Å². The molecule has 0 unspecified atom stereocenters. The fraction of sp³-hybridized carbons (Fsp3) is 0.375. The standard InChI is InChI=1S/C24H29N5O/c1-3-28(4-2)21-15-11-19(12-16-21)24(30)25-20-13-9-18(10-14-20)23-27-26-22-8-6-5-7-17-29(22)23/h9-16H,3-8,17H2,1-2H3,(H,25,30). The van der Waals surface area contributed by atoms with E-state index in [9.17, 15) is 4.79 Å². The lowest BCUT2D eigenvalue weighted by molar-refractivity contribution is 0.102. The summed E-state index contributed by atoms with van der Waals surface area (Å²) in [4.78, 5) is 14.9. The van der Waals surface area contributed by atoms with E-state index in [0.29, 0.717) is 5.56 Å². The summed E-state index contributed by atoms with van der Waals surface area (Å²) in [5.74, 6) is 1.88. The van der Waals surface area contributed by atoms with Crippen molar-refractivity contribution in [2.24, 2.45) is 0 Å². The zero-order valence-corrected chi connectivity index (χ0v) is 17.8. The Hall–Kier alpha value is -3.15. The van der Waals surface area contributed by atoms with Gasteiger partial charge in [0.1, 0.15) is 5.82 Å². The predicted octanol–water partition coefficient (Wildman–Crippen LogP) is 4.77. The van der Waals surface area contributed by atoms with Gasteiger partial charge in [0.2, 0.25) is 0 Å². The van der Waals surface area contributed by atoms with Crippen LogP contribution in [-0.2, 0) is 13.0 Å². The highest BCUT2D eigenvalue weighted by Crippen LogP contribution is 2.24. The number of hydrogen-bond donors (Lipinski definition) is 1. The summed E-state index contributed by atoms with van der Waals surface area (Å²) in [7, 11) is 0. The molecule has 1 N–H and O–H groups in total. The van der Waals surface area contributed by atoms with Gasteiger partial charge < -0.3 is 14.8 Å². The molecule has 0 saturated heterocycles. The Balaban J connectivity index is 1.45. The van der Waals surface area contributed by atoms with Crippen molar-refractivity contribution in [3.05, 3.63) is 59.9 Å². The van der Waals surface area contributed by atoms with Crippen molar-refractivity contribution in [3.8, 4) is 11.4 Å². The lowest BCUT2D eigenvalue weighted by atomic mass is 10.1. The van der Waals surface area contributed by atoms with Crippen molar-refractivity contribution in [3.63, 3.8) is 0 Å². The van der Waals surface area contributed by atoms with E-state index in [1.807, 2.05) is 48.5 Å². The Kier molecular flexibility index (Phi) is 6.12. The van der Waals surface area contributed by atoms with Gasteiger partial charge in [0, 0.05) is 48.6 Å². The minimum atomic E-state index is -0.106. The molecule has 1 aliphatic rings. The summed E-state index contributed by atoms with van der Waals surface area (Å²) in [5, 5.41) is 11.8. The molecule has 2 aromatic carbocycles. The fourth-order valence-electron chi connectivity index (χ4n) is 4.02. The van der Waals surface area contributed by atoms with Gasteiger partial charge in [-0.2, -0.15) is 0 Å². The Morgan fingerprint density at radius 3 is 2.40 bits per heavy atom. The summed E-state index contributed by atoms with van der Waals surface area (Å²) < 4.78 is 2.23. The summed E-state index contributed by atoms with van der Waals surface area (Å²) in [5.41, 5.74) is 3.58. The number of nitrogens with zero attached hydrogens (tertiary/aromatic N) is 4.